The Kier molecular flexibility index (Phi) is 6.71. The Bertz CT molecular complexity index is 1090. The second-order valence-corrected chi connectivity index (χ2v) is 8.21. The number of amides is 1. The van der Waals surface area contributed by atoms with Gasteiger partial charge >= 0.3 is 0 Å². The van der Waals surface area contributed by atoms with E-state index in [2.05, 4.69) is 31.2 Å². The smallest absolute Gasteiger partial charge is 0.232 e. The SMILES string of the molecule is CCOc1cc2c(cc1OCC)C(c1ccc(CC)cc1)N(c1ccc(Cl)cc1)C(=O)C2. The van der Waals surface area contributed by atoms with Gasteiger partial charge in [0.25, 0.3) is 0 Å². The van der Waals surface area contributed by atoms with Gasteiger partial charge in [0.15, 0.2) is 11.5 Å². The Hall–Kier alpha value is -2.98. The third-order valence-corrected chi connectivity index (χ3v) is 6.03. The maximum absolute atomic E-state index is 13.4. The quantitative estimate of drug-likeness (QED) is 0.420. The molecular formula is C27H28ClNO3. The van der Waals surface area contributed by atoms with Gasteiger partial charge in [-0.2, -0.15) is 0 Å². The topological polar surface area (TPSA) is 38.8 Å². The zero-order chi connectivity index (χ0) is 22.7. The number of fused-ring (bicyclic) bond motifs is 1. The van der Waals surface area contributed by atoms with E-state index < -0.39 is 0 Å². The summed E-state index contributed by atoms with van der Waals surface area (Å²) in [6.45, 7) is 7.11. The minimum atomic E-state index is -0.270. The van der Waals surface area contributed by atoms with Crippen LogP contribution in [0, 0.1) is 0 Å². The average Bonchev–Trinajstić information content (AvgIpc) is 2.80. The molecule has 1 aliphatic rings. The van der Waals surface area contributed by atoms with Crippen molar-refractivity contribution in [3.05, 3.63) is 87.9 Å². The number of aryl methyl sites for hydroxylation is 1. The third-order valence-electron chi connectivity index (χ3n) is 5.78. The molecule has 1 heterocycles. The molecule has 0 aromatic heterocycles. The number of anilines is 1. The second-order valence-electron chi connectivity index (χ2n) is 7.78. The molecule has 4 rings (SSSR count). The Morgan fingerprint density at radius 1 is 0.906 bits per heavy atom. The summed E-state index contributed by atoms with van der Waals surface area (Å²) < 4.78 is 11.7. The lowest BCUT2D eigenvalue weighted by atomic mass is 9.86. The molecule has 3 aromatic rings. The first-order valence-electron chi connectivity index (χ1n) is 11.1. The lowest BCUT2D eigenvalue weighted by Crippen LogP contribution is -2.41. The van der Waals surface area contributed by atoms with Crippen LogP contribution in [0.4, 0.5) is 5.69 Å². The first-order valence-corrected chi connectivity index (χ1v) is 11.5. The third kappa shape index (κ3) is 4.33. The zero-order valence-electron chi connectivity index (χ0n) is 18.7. The molecule has 1 unspecified atom stereocenters. The highest BCUT2D eigenvalue weighted by Crippen LogP contribution is 2.43. The van der Waals surface area contributed by atoms with E-state index in [0.717, 1.165) is 28.8 Å². The van der Waals surface area contributed by atoms with Crippen LogP contribution in [0.5, 0.6) is 11.5 Å². The molecule has 0 fully saturated rings. The molecule has 1 aliphatic heterocycles. The van der Waals surface area contributed by atoms with Crippen LogP contribution in [-0.2, 0) is 17.6 Å². The predicted octanol–water partition coefficient (Wildman–Crippen LogP) is 6.38. The van der Waals surface area contributed by atoms with Gasteiger partial charge in [-0.1, -0.05) is 42.8 Å². The van der Waals surface area contributed by atoms with E-state index in [0.29, 0.717) is 36.2 Å². The van der Waals surface area contributed by atoms with Crippen LogP contribution in [0.25, 0.3) is 0 Å². The minimum absolute atomic E-state index is 0.0380. The molecule has 1 atom stereocenters. The van der Waals surface area contributed by atoms with Crippen LogP contribution in [0.2, 0.25) is 5.02 Å². The maximum Gasteiger partial charge on any atom is 0.232 e. The molecule has 0 saturated carbocycles. The highest BCUT2D eigenvalue weighted by atomic mass is 35.5. The van der Waals surface area contributed by atoms with E-state index in [1.165, 1.54) is 5.56 Å². The Labute approximate surface area is 194 Å². The minimum Gasteiger partial charge on any atom is -0.490 e. The summed E-state index contributed by atoms with van der Waals surface area (Å²) in [5, 5.41) is 0.641. The first-order chi connectivity index (χ1) is 15.5. The lowest BCUT2D eigenvalue weighted by Gasteiger charge is -2.38. The van der Waals surface area contributed by atoms with Crippen molar-refractivity contribution in [2.45, 2.75) is 39.7 Å². The molecule has 166 valence electrons. The molecule has 1 amide bonds. The maximum atomic E-state index is 13.4. The summed E-state index contributed by atoms with van der Waals surface area (Å²) in [6, 6.07) is 19.7. The largest absolute Gasteiger partial charge is 0.490 e. The van der Waals surface area contributed by atoms with Crippen molar-refractivity contribution >= 4 is 23.2 Å². The molecule has 32 heavy (non-hydrogen) atoms. The summed E-state index contributed by atoms with van der Waals surface area (Å²) in [5.74, 6) is 1.42. The van der Waals surface area contributed by atoms with E-state index in [-0.39, 0.29) is 11.9 Å². The van der Waals surface area contributed by atoms with Gasteiger partial charge in [-0.15, -0.1) is 0 Å². The Balaban J connectivity index is 1.90. The number of rotatable bonds is 7. The summed E-state index contributed by atoms with van der Waals surface area (Å²) in [6.07, 6.45) is 1.27. The Morgan fingerprint density at radius 3 is 2.12 bits per heavy atom. The van der Waals surface area contributed by atoms with Crippen molar-refractivity contribution < 1.29 is 14.3 Å². The van der Waals surface area contributed by atoms with Crippen molar-refractivity contribution in [3.63, 3.8) is 0 Å². The fraction of sp³-hybridized carbons (Fsp3) is 0.296. The number of ether oxygens (including phenoxy) is 2. The molecule has 5 heteroatoms. The van der Waals surface area contributed by atoms with Crippen molar-refractivity contribution in [2.24, 2.45) is 0 Å². The molecule has 0 bridgehead atoms. The van der Waals surface area contributed by atoms with Crippen LogP contribution in [0.1, 0.15) is 49.1 Å². The summed E-state index contributed by atoms with van der Waals surface area (Å²) in [5.41, 5.74) is 5.16. The standard InChI is InChI=1S/C27H28ClNO3/c1-4-18-7-9-19(10-8-18)27-23-17-25(32-6-3)24(31-5-2)15-20(23)16-26(30)29(27)22-13-11-21(28)12-14-22/h7-15,17,27H,4-6,16H2,1-3H3. The summed E-state index contributed by atoms with van der Waals surface area (Å²) >= 11 is 6.12. The van der Waals surface area contributed by atoms with Gasteiger partial charge < -0.3 is 14.4 Å². The molecule has 0 N–H and O–H groups in total. The fourth-order valence-electron chi connectivity index (χ4n) is 4.25. The average molecular weight is 450 g/mol. The van der Waals surface area contributed by atoms with Crippen molar-refractivity contribution in [1.29, 1.82) is 0 Å². The molecule has 0 saturated heterocycles. The molecule has 0 radical (unpaired) electrons. The molecule has 0 spiro atoms. The van der Waals surface area contributed by atoms with Gasteiger partial charge in [0.2, 0.25) is 5.91 Å². The highest BCUT2D eigenvalue weighted by molar-refractivity contribution is 6.30. The van der Waals surface area contributed by atoms with E-state index >= 15 is 0 Å². The van der Waals surface area contributed by atoms with Crippen LogP contribution in [0.15, 0.2) is 60.7 Å². The molecule has 0 aliphatic carbocycles. The molecule has 4 nitrogen and oxygen atoms in total. The first kappa shape index (κ1) is 22.2. The number of benzene rings is 3. The predicted molar refractivity (Wildman–Crippen MR) is 129 cm³/mol. The Morgan fingerprint density at radius 2 is 1.53 bits per heavy atom. The monoisotopic (exact) mass is 449 g/mol. The van der Waals surface area contributed by atoms with Crippen LogP contribution < -0.4 is 14.4 Å². The van der Waals surface area contributed by atoms with Gasteiger partial charge in [-0.3, -0.25) is 4.79 Å². The number of hydrogen-bond donors (Lipinski definition) is 0. The summed E-state index contributed by atoms with van der Waals surface area (Å²) in [7, 11) is 0. The van der Waals surface area contributed by atoms with Gasteiger partial charge in [0.05, 0.1) is 25.7 Å². The lowest BCUT2D eigenvalue weighted by molar-refractivity contribution is -0.118. The van der Waals surface area contributed by atoms with E-state index in [4.69, 9.17) is 21.1 Å². The fourth-order valence-corrected chi connectivity index (χ4v) is 4.38. The number of carbonyl (C=O) groups excluding carboxylic acids is 1. The van der Waals surface area contributed by atoms with Crippen molar-refractivity contribution in [2.75, 3.05) is 18.1 Å². The molecule has 3 aromatic carbocycles. The van der Waals surface area contributed by atoms with Crippen LogP contribution in [-0.4, -0.2) is 19.1 Å². The highest BCUT2D eigenvalue weighted by Gasteiger charge is 2.36. The van der Waals surface area contributed by atoms with E-state index in [9.17, 15) is 4.79 Å². The number of carbonyl (C=O) groups is 1. The van der Waals surface area contributed by atoms with Crippen LogP contribution >= 0.6 is 11.6 Å². The second kappa shape index (κ2) is 9.66. The summed E-state index contributed by atoms with van der Waals surface area (Å²) in [4.78, 5) is 15.3. The van der Waals surface area contributed by atoms with Gasteiger partial charge in [-0.25, -0.2) is 0 Å². The number of nitrogens with zero attached hydrogens (tertiary/aromatic N) is 1. The normalized spacial score (nSPS) is 15.4. The van der Waals surface area contributed by atoms with Crippen molar-refractivity contribution in [1.82, 2.24) is 0 Å². The van der Waals surface area contributed by atoms with E-state index in [1.807, 2.05) is 55.1 Å². The van der Waals surface area contributed by atoms with E-state index in [1.54, 1.807) is 0 Å². The van der Waals surface area contributed by atoms with Gasteiger partial charge in [0.1, 0.15) is 0 Å². The molecular weight excluding hydrogens is 422 g/mol. The zero-order valence-corrected chi connectivity index (χ0v) is 19.5. The van der Waals surface area contributed by atoms with Gasteiger partial charge in [-0.05, 0) is 78.9 Å². The number of hydrogen-bond acceptors (Lipinski definition) is 3. The van der Waals surface area contributed by atoms with Gasteiger partial charge in [0, 0.05) is 10.7 Å². The van der Waals surface area contributed by atoms with Crippen molar-refractivity contribution in [3.8, 4) is 11.5 Å². The van der Waals surface area contributed by atoms with Crippen LogP contribution in [0.3, 0.4) is 0 Å². The number of halogens is 1.